The minimum atomic E-state index is -0.203. The van der Waals surface area contributed by atoms with E-state index in [-0.39, 0.29) is 17.2 Å². The van der Waals surface area contributed by atoms with Crippen LogP contribution in [0.2, 0.25) is 0 Å². The summed E-state index contributed by atoms with van der Waals surface area (Å²) in [6.45, 7) is 0.611. The van der Waals surface area contributed by atoms with E-state index in [2.05, 4.69) is 0 Å². The molecule has 0 saturated heterocycles. The molecular weight excluding hydrogens is 178 g/mol. The van der Waals surface area contributed by atoms with Gasteiger partial charge in [0.15, 0.2) is 0 Å². The lowest BCUT2D eigenvalue weighted by atomic mass is 9.95. The second kappa shape index (κ2) is 2.29. The molecule has 72 valence electrons. The molecule has 2 unspecified atom stereocenters. The van der Waals surface area contributed by atoms with Crippen LogP contribution in [0.5, 0.6) is 5.75 Å². The predicted octanol–water partition coefficient (Wildman–Crippen LogP) is 0.822. The number of primary amides is 1. The number of nitrogens with two attached hydrogens (primary N) is 1. The van der Waals surface area contributed by atoms with E-state index >= 15 is 0 Å². The number of para-hydroxylation sites is 1. The lowest BCUT2D eigenvalue weighted by Crippen LogP contribution is -2.22. The average molecular weight is 189 g/mol. The molecule has 1 heterocycles. The van der Waals surface area contributed by atoms with E-state index in [9.17, 15) is 4.79 Å². The molecule has 1 aliphatic carbocycles. The first-order valence-corrected chi connectivity index (χ1v) is 4.76. The van der Waals surface area contributed by atoms with Gasteiger partial charge in [0.2, 0.25) is 5.91 Å². The topological polar surface area (TPSA) is 52.3 Å². The van der Waals surface area contributed by atoms with Crippen molar-refractivity contribution in [1.82, 2.24) is 0 Å². The normalized spacial score (nSPS) is 32.4. The second-order valence-electron chi connectivity index (χ2n) is 4.10. The summed E-state index contributed by atoms with van der Waals surface area (Å²) >= 11 is 0. The van der Waals surface area contributed by atoms with E-state index in [1.165, 1.54) is 0 Å². The molecule has 1 aliphatic heterocycles. The molecule has 1 amide bonds. The zero-order valence-corrected chi connectivity index (χ0v) is 7.69. The Morgan fingerprint density at radius 3 is 3.00 bits per heavy atom. The summed E-state index contributed by atoms with van der Waals surface area (Å²) in [4.78, 5) is 11.1. The molecule has 1 spiro atoms. The highest BCUT2D eigenvalue weighted by Gasteiger charge is 2.62. The van der Waals surface area contributed by atoms with Crippen molar-refractivity contribution in [1.29, 1.82) is 0 Å². The zero-order chi connectivity index (χ0) is 9.76. The molecule has 3 rings (SSSR count). The van der Waals surface area contributed by atoms with Crippen LogP contribution in [0.25, 0.3) is 0 Å². The molecule has 1 saturated carbocycles. The van der Waals surface area contributed by atoms with Gasteiger partial charge in [-0.05, 0) is 12.5 Å². The Hall–Kier alpha value is -1.51. The minimum absolute atomic E-state index is 0.0221. The molecule has 1 fully saturated rings. The summed E-state index contributed by atoms with van der Waals surface area (Å²) in [7, 11) is 0. The highest BCUT2D eigenvalue weighted by Crippen LogP contribution is 2.59. The number of hydrogen-bond acceptors (Lipinski definition) is 2. The third-order valence-corrected chi connectivity index (χ3v) is 3.33. The van der Waals surface area contributed by atoms with Crippen LogP contribution >= 0.6 is 0 Å². The molecule has 2 atom stereocenters. The number of carbonyl (C=O) groups excluding carboxylic acids is 1. The summed E-state index contributed by atoms with van der Waals surface area (Å²) in [5.41, 5.74) is 6.39. The van der Waals surface area contributed by atoms with Crippen LogP contribution in [0.15, 0.2) is 24.3 Å². The van der Waals surface area contributed by atoms with E-state index in [0.717, 1.165) is 17.7 Å². The van der Waals surface area contributed by atoms with Crippen LogP contribution in [0.4, 0.5) is 0 Å². The number of fused-ring (bicyclic) bond motifs is 2. The van der Waals surface area contributed by atoms with Gasteiger partial charge in [0.05, 0.1) is 12.5 Å². The van der Waals surface area contributed by atoms with Crippen LogP contribution in [0, 0.1) is 5.92 Å². The fourth-order valence-electron chi connectivity index (χ4n) is 2.42. The summed E-state index contributed by atoms with van der Waals surface area (Å²) in [6.07, 6.45) is 0.847. The van der Waals surface area contributed by atoms with Crippen molar-refractivity contribution in [2.24, 2.45) is 11.7 Å². The standard InChI is InChI=1S/C11H11NO2/c12-10(13)8-5-11(8)6-14-9-4-2-1-3-7(9)11/h1-4,8H,5-6H2,(H2,12,13). The molecule has 1 aromatic carbocycles. The van der Waals surface area contributed by atoms with Crippen LogP contribution in [0.3, 0.4) is 0 Å². The molecule has 0 aromatic heterocycles. The molecular formula is C11H11NO2. The first-order chi connectivity index (χ1) is 6.74. The molecule has 3 nitrogen and oxygen atoms in total. The lowest BCUT2D eigenvalue weighted by Gasteiger charge is -2.04. The van der Waals surface area contributed by atoms with Gasteiger partial charge in [-0.1, -0.05) is 18.2 Å². The third kappa shape index (κ3) is 0.794. The van der Waals surface area contributed by atoms with E-state index in [1.54, 1.807) is 0 Å². The van der Waals surface area contributed by atoms with Crippen molar-refractivity contribution in [3.63, 3.8) is 0 Å². The smallest absolute Gasteiger partial charge is 0.221 e. The Bertz CT molecular complexity index is 416. The zero-order valence-electron chi connectivity index (χ0n) is 7.69. The predicted molar refractivity (Wildman–Crippen MR) is 50.9 cm³/mol. The maximum Gasteiger partial charge on any atom is 0.221 e. The third-order valence-electron chi connectivity index (χ3n) is 3.33. The maximum absolute atomic E-state index is 11.1. The molecule has 2 aliphatic rings. The quantitative estimate of drug-likeness (QED) is 0.711. The van der Waals surface area contributed by atoms with E-state index < -0.39 is 0 Å². The lowest BCUT2D eigenvalue weighted by molar-refractivity contribution is -0.119. The number of carbonyl (C=O) groups is 1. The van der Waals surface area contributed by atoms with Gasteiger partial charge in [0, 0.05) is 11.0 Å². The SMILES string of the molecule is NC(=O)C1CC12COc1ccccc12. The van der Waals surface area contributed by atoms with Gasteiger partial charge in [0.1, 0.15) is 5.75 Å². The number of benzene rings is 1. The first-order valence-electron chi connectivity index (χ1n) is 4.76. The summed E-state index contributed by atoms with van der Waals surface area (Å²) in [5, 5.41) is 0. The summed E-state index contributed by atoms with van der Waals surface area (Å²) < 4.78 is 5.55. The molecule has 3 heteroatoms. The summed E-state index contributed by atoms with van der Waals surface area (Å²) in [6, 6.07) is 7.90. The highest BCUT2D eigenvalue weighted by atomic mass is 16.5. The van der Waals surface area contributed by atoms with Crippen molar-refractivity contribution in [2.45, 2.75) is 11.8 Å². The number of hydrogen-bond donors (Lipinski definition) is 1. The Morgan fingerprint density at radius 2 is 2.29 bits per heavy atom. The Labute approximate surface area is 81.9 Å². The van der Waals surface area contributed by atoms with Crippen molar-refractivity contribution in [3.05, 3.63) is 29.8 Å². The van der Waals surface area contributed by atoms with E-state index in [1.807, 2.05) is 24.3 Å². The number of ether oxygens (including phenoxy) is 1. The summed E-state index contributed by atoms with van der Waals surface area (Å²) in [5.74, 6) is 0.688. The van der Waals surface area contributed by atoms with Crippen LogP contribution in [-0.4, -0.2) is 12.5 Å². The maximum atomic E-state index is 11.1. The highest BCUT2D eigenvalue weighted by molar-refractivity contribution is 5.83. The molecule has 1 aromatic rings. The van der Waals surface area contributed by atoms with Crippen molar-refractivity contribution in [3.8, 4) is 5.75 Å². The van der Waals surface area contributed by atoms with Gasteiger partial charge >= 0.3 is 0 Å². The van der Waals surface area contributed by atoms with Crippen molar-refractivity contribution < 1.29 is 9.53 Å². The molecule has 0 radical (unpaired) electrons. The fourth-order valence-corrected chi connectivity index (χ4v) is 2.42. The van der Waals surface area contributed by atoms with Gasteiger partial charge < -0.3 is 10.5 Å². The Balaban J connectivity index is 2.04. The first kappa shape index (κ1) is 7.85. The van der Waals surface area contributed by atoms with E-state index in [4.69, 9.17) is 10.5 Å². The van der Waals surface area contributed by atoms with Gasteiger partial charge in [-0.3, -0.25) is 4.79 Å². The minimum Gasteiger partial charge on any atom is -0.492 e. The average Bonchev–Trinajstić information content (AvgIpc) is 2.80. The fraction of sp³-hybridized carbons (Fsp3) is 0.364. The monoisotopic (exact) mass is 189 g/mol. The Morgan fingerprint density at radius 1 is 1.50 bits per heavy atom. The van der Waals surface area contributed by atoms with E-state index in [0.29, 0.717) is 6.61 Å². The van der Waals surface area contributed by atoms with Crippen molar-refractivity contribution >= 4 is 5.91 Å². The van der Waals surface area contributed by atoms with Gasteiger partial charge in [-0.15, -0.1) is 0 Å². The van der Waals surface area contributed by atoms with Crippen LogP contribution in [-0.2, 0) is 10.2 Å². The number of rotatable bonds is 1. The molecule has 0 bridgehead atoms. The molecule has 2 N–H and O–H groups in total. The number of amides is 1. The van der Waals surface area contributed by atoms with Crippen molar-refractivity contribution in [2.75, 3.05) is 6.61 Å². The largest absolute Gasteiger partial charge is 0.492 e. The Kier molecular flexibility index (Phi) is 1.29. The van der Waals surface area contributed by atoms with Gasteiger partial charge in [-0.25, -0.2) is 0 Å². The van der Waals surface area contributed by atoms with Crippen LogP contribution < -0.4 is 10.5 Å². The second-order valence-corrected chi connectivity index (χ2v) is 4.10. The molecule has 14 heavy (non-hydrogen) atoms. The van der Waals surface area contributed by atoms with Gasteiger partial charge in [-0.2, -0.15) is 0 Å². The van der Waals surface area contributed by atoms with Crippen LogP contribution in [0.1, 0.15) is 12.0 Å². The van der Waals surface area contributed by atoms with Gasteiger partial charge in [0.25, 0.3) is 0 Å².